The second-order valence-corrected chi connectivity index (χ2v) is 5.15. The fourth-order valence-electron chi connectivity index (χ4n) is 1.80. The number of carbonyl (C=O) groups is 2. The zero-order chi connectivity index (χ0) is 17.5. The van der Waals surface area contributed by atoms with E-state index in [0.717, 1.165) is 11.3 Å². The van der Waals surface area contributed by atoms with E-state index in [1.165, 1.54) is 30.5 Å². The van der Waals surface area contributed by atoms with Gasteiger partial charge in [0.05, 0.1) is 6.21 Å². The molecule has 0 saturated carbocycles. The number of hydrogen-bond acceptors (Lipinski definition) is 4. The van der Waals surface area contributed by atoms with Gasteiger partial charge in [-0.2, -0.15) is 5.10 Å². The van der Waals surface area contributed by atoms with Crippen molar-refractivity contribution in [2.45, 2.75) is 0 Å². The molecule has 0 bridgehead atoms. The Bertz CT molecular complexity index is 740. The van der Waals surface area contributed by atoms with Crippen LogP contribution in [-0.2, 0) is 9.59 Å². The molecule has 0 radical (unpaired) electrons. The van der Waals surface area contributed by atoms with Gasteiger partial charge < -0.3 is 10.2 Å². The Morgan fingerprint density at radius 2 is 1.62 bits per heavy atom. The monoisotopic (exact) mass is 328 g/mol. The van der Waals surface area contributed by atoms with E-state index in [1.807, 2.05) is 43.3 Å². The molecule has 0 aliphatic heterocycles. The number of anilines is 2. The maximum Gasteiger partial charge on any atom is 0.329 e. The standard InChI is InChI=1S/C17H17FN4O2/c1-22(2)15-9-3-12(4-10-15)11-19-21-17(24)16(23)20-14-7-5-13(18)6-8-14/h3-11H,1-2H3,(H,20,23)(H,21,24)/b19-11+. The van der Waals surface area contributed by atoms with E-state index in [4.69, 9.17) is 0 Å². The largest absolute Gasteiger partial charge is 0.378 e. The molecule has 124 valence electrons. The van der Waals surface area contributed by atoms with E-state index < -0.39 is 17.6 Å². The van der Waals surface area contributed by atoms with Crippen molar-refractivity contribution in [1.29, 1.82) is 0 Å². The molecule has 2 rings (SSSR count). The Kier molecular flexibility index (Phi) is 5.62. The first kappa shape index (κ1) is 17.1. The normalized spacial score (nSPS) is 10.5. The highest BCUT2D eigenvalue weighted by atomic mass is 19.1. The second-order valence-electron chi connectivity index (χ2n) is 5.15. The minimum Gasteiger partial charge on any atom is -0.378 e. The number of nitrogens with zero attached hydrogens (tertiary/aromatic N) is 2. The molecule has 7 heteroatoms. The molecule has 2 N–H and O–H groups in total. The minimum atomic E-state index is -0.916. The summed E-state index contributed by atoms with van der Waals surface area (Å²) in [5.41, 5.74) is 4.27. The van der Waals surface area contributed by atoms with Gasteiger partial charge in [-0.3, -0.25) is 9.59 Å². The van der Waals surface area contributed by atoms with Crippen LogP contribution in [-0.4, -0.2) is 32.1 Å². The average Bonchev–Trinajstić information content (AvgIpc) is 2.57. The minimum absolute atomic E-state index is 0.319. The number of carbonyl (C=O) groups excluding carboxylic acids is 2. The molecule has 0 unspecified atom stereocenters. The first-order valence-electron chi connectivity index (χ1n) is 7.13. The summed E-state index contributed by atoms with van der Waals surface area (Å²) in [5, 5.41) is 6.07. The first-order chi connectivity index (χ1) is 11.5. The molecule has 0 aliphatic rings. The van der Waals surface area contributed by atoms with Crippen molar-refractivity contribution in [3.8, 4) is 0 Å². The maximum atomic E-state index is 12.8. The first-order valence-corrected chi connectivity index (χ1v) is 7.13. The Balaban J connectivity index is 1.87. The quantitative estimate of drug-likeness (QED) is 0.512. The van der Waals surface area contributed by atoms with Gasteiger partial charge in [-0.25, -0.2) is 9.82 Å². The van der Waals surface area contributed by atoms with Crippen LogP contribution >= 0.6 is 0 Å². The topological polar surface area (TPSA) is 73.8 Å². The van der Waals surface area contributed by atoms with E-state index in [9.17, 15) is 14.0 Å². The van der Waals surface area contributed by atoms with Crippen LogP contribution in [0, 0.1) is 5.82 Å². The van der Waals surface area contributed by atoms with Gasteiger partial charge in [0.1, 0.15) is 5.82 Å². The van der Waals surface area contributed by atoms with Gasteiger partial charge in [-0.1, -0.05) is 12.1 Å². The fourth-order valence-corrected chi connectivity index (χ4v) is 1.80. The summed E-state index contributed by atoms with van der Waals surface area (Å²) in [7, 11) is 3.87. The van der Waals surface area contributed by atoms with Crippen molar-refractivity contribution in [2.75, 3.05) is 24.3 Å². The van der Waals surface area contributed by atoms with Gasteiger partial charge in [0.25, 0.3) is 0 Å². The molecule has 0 saturated heterocycles. The molecule has 2 aromatic carbocycles. The number of nitrogens with one attached hydrogen (secondary N) is 2. The van der Waals surface area contributed by atoms with Crippen LogP contribution in [0.15, 0.2) is 53.6 Å². The lowest BCUT2D eigenvalue weighted by molar-refractivity contribution is -0.136. The molecule has 2 amide bonds. The summed E-state index contributed by atoms with van der Waals surface area (Å²) < 4.78 is 12.8. The summed E-state index contributed by atoms with van der Waals surface area (Å²) in [6.07, 6.45) is 1.43. The third-order valence-corrected chi connectivity index (χ3v) is 3.10. The van der Waals surface area contributed by atoms with E-state index in [1.54, 1.807) is 0 Å². The molecule has 2 aromatic rings. The zero-order valence-electron chi connectivity index (χ0n) is 13.3. The SMILES string of the molecule is CN(C)c1ccc(/C=N/NC(=O)C(=O)Nc2ccc(F)cc2)cc1. The van der Waals surface area contributed by atoms with Gasteiger partial charge in [0, 0.05) is 25.5 Å². The van der Waals surface area contributed by atoms with Crippen LogP contribution in [0.1, 0.15) is 5.56 Å². The molecule has 0 aromatic heterocycles. The highest BCUT2D eigenvalue weighted by Crippen LogP contribution is 2.11. The molecular weight excluding hydrogens is 311 g/mol. The summed E-state index contributed by atoms with van der Waals surface area (Å²) >= 11 is 0. The van der Waals surface area contributed by atoms with Crippen molar-refractivity contribution in [3.05, 3.63) is 59.9 Å². The number of hydrazone groups is 1. The molecule has 0 fully saturated rings. The molecular formula is C17H17FN4O2. The molecule has 0 heterocycles. The fraction of sp³-hybridized carbons (Fsp3) is 0.118. The van der Waals surface area contributed by atoms with Gasteiger partial charge in [0.15, 0.2) is 0 Å². The van der Waals surface area contributed by atoms with Crippen molar-refractivity contribution in [3.63, 3.8) is 0 Å². The Morgan fingerprint density at radius 1 is 1.00 bits per heavy atom. The summed E-state index contributed by atoms with van der Waals surface area (Å²) in [6, 6.07) is 12.6. The van der Waals surface area contributed by atoms with Crippen LogP contribution in [0.5, 0.6) is 0 Å². The van der Waals surface area contributed by atoms with E-state index >= 15 is 0 Å². The summed E-state index contributed by atoms with van der Waals surface area (Å²) in [5.74, 6) is -2.23. The van der Waals surface area contributed by atoms with Crippen molar-refractivity contribution in [1.82, 2.24) is 5.43 Å². The molecule has 0 atom stereocenters. The van der Waals surface area contributed by atoms with Gasteiger partial charge in [0.2, 0.25) is 0 Å². The molecule has 0 aliphatic carbocycles. The lowest BCUT2D eigenvalue weighted by atomic mass is 10.2. The number of rotatable bonds is 4. The third-order valence-electron chi connectivity index (χ3n) is 3.10. The van der Waals surface area contributed by atoms with Crippen molar-refractivity contribution in [2.24, 2.45) is 5.10 Å². The predicted octanol–water partition coefficient (Wildman–Crippen LogP) is 1.98. The summed E-state index contributed by atoms with van der Waals surface area (Å²) in [6.45, 7) is 0. The maximum absolute atomic E-state index is 12.8. The zero-order valence-corrected chi connectivity index (χ0v) is 13.3. The Hall–Kier alpha value is -3.22. The van der Waals surface area contributed by atoms with Crippen molar-refractivity contribution < 1.29 is 14.0 Å². The van der Waals surface area contributed by atoms with Crippen LogP contribution in [0.4, 0.5) is 15.8 Å². The lowest BCUT2D eigenvalue weighted by Crippen LogP contribution is -2.32. The van der Waals surface area contributed by atoms with Crippen LogP contribution in [0.25, 0.3) is 0 Å². The van der Waals surface area contributed by atoms with Gasteiger partial charge in [-0.05, 0) is 42.0 Å². The average molecular weight is 328 g/mol. The van der Waals surface area contributed by atoms with E-state index in [2.05, 4.69) is 15.8 Å². The predicted molar refractivity (Wildman–Crippen MR) is 91.5 cm³/mol. The number of hydrogen-bond donors (Lipinski definition) is 2. The summed E-state index contributed by atoms with van der Waals surface area (Å²) in [4.78, 5) is 25.3. The number of halogens is 1. The second kappa shape index (κ2) is 7.87. The van der Waals surface area contributed by atoms with Crippen LogP contribution in [0.3, 0.4) is 0 Å². The van der Waals surface area contributed by atoms with Crippen LogP contribution < -0.4 is 15.6 Å². The van der Waals surface area contributed by atoms with Crippen LogP contribution in [0.2, 0.25) is 0 Å². The third kappa shape index (κ3) is 4.91. The molecule has 0 spiro atoms. The van der Waals surface area contributed by atoms with Crippen molar-refractivity contribution >= 4 is 29.4 Å². The van der Waals surface area contributed by atoms with E-state index in [-0.39, 0.29) is 0 Å². The smallest absolute Gasteiger partial charge is 0.329 e. The lowest BCUT2D eigenvalue weighted by Gasteiger charge is -2.11. The van der Waals surface area contributed by atoms with Gasteiger partial charge in [-0.15, -0.1) is 0 Å². The van der Waals surface area contributed by atoms with E-state index in [0.29, 0.717) is 5.69 Å². The Labute approximate surface area is 139 Å². The molecule has 24 heavy (non-hydrogen) atoms. The van der Waals surface area contributed by atoms with Gasteiger partial charge >= 0.3 is 11.8 Å². The highest BCUT2D eigenvalue weighted by molar-refractivity contribution is 6.39. The highest BCUT2D eigenvalue weighted by Gasteiger charge is 2.12. The Morgan fingerprint density at radius 3 is 2.21 bits per heavy atom. The number of benzene rings is 2. The number of amides is 2. The molecule has 6 nitrogen and oxygen atoms in total.